The predicted octanol–water partition coefficient (Wildman–Crippen LogP) is 6.44. The van der Waals surface area contributed by atoms with Crippen LogP contribution in [0.3, 0.4) is 0 Å². The number of benzene rings is 3. The van der Waals surface area contributed by atoms with Gasteiger partial charge >= 0.3 is 0 Å². The zero-order valence-corrected chi connectivity index (χ0v) is 18.0. The van der Waals surface area contributed by atoms with Gasteiger partial charge in [0, 0.05) is 10.9 Å². The average Bonchev–Trinajstić information content (AvgIpc) is 2.59. The van der Waals surface area contributed by atoms with Gasteiger partial charge in [0.05, 0.1) is 0 Å². The zero-order valence-electron chi connectivity index (χ0n) is 17.1. The van der Waals surface area contributed by atoms with E-state index in [2.05, 4.69) is 65.8 Å². The molecule has 142 valence electrons. The maximum absolute atomic E-state index is 10.8. The Labute approximate surface area is 164 Å². The molecule has 0 aromatic heterocycles. The Kier molecular flexibility index (Phi) is 5.34. The minimum atomic E-state index is -1.73. The van der Waals surface area contributed by atoms with Crippen LogP contribution in [0.25, 0.3) is 10.8 Å². The van der Waals surface area contributed by atoms with E-state index in [1.165, 1.54) is 5.56 Å². The quantitative estimate of drug-likeness (QED) is 0.530. The van der Waals surface area contributed by atoms with Gasteiger partial charge in [0.2, 0.25) is 0 Å². The summed E-state index contributed by atoms with van der Waals surface area (Å²) in [4.78, 5) is 10.8. The smallest absolute Gasteiger partial charge is 0.262 e. The molecule has 1 N–H and O–H groups in total. The second-order valence-electron chi connectivity index (χ2n) is 9.11. The Hall–Kier alpha value is -1.89. The van der Waals surface area contributed by atoms with Crippen LogP contribution < -0.4 is 9.83 Å². The standard InChI is InChI=1S/C24H29O2P/c1-23(2,3)19-12-14-22(21(16-19)24(4,5)6)26-27(25)20-13-11-17-9-7-8-10-18(17)15-20/h7-16,25H,1-6H3. The molecule has 0 aliphatic carbocycles. The molecule has 1 atom stereocenters. The minimum Gasteiger partial charge on any atom is -0.444 e. The summed E-state index contributed by atoms with van der Waals surface area (Å²) >= 11 is 0. The Morgan fingerprint density at radius 1 is 0.741 bits per heavy atom. The summed E-state index contributed by atoms with van der Waals surface area (Å²) in [6.07, 6.45) is 0. The molecule has 0 aliphatic heterocycles. The molecule has 3 heteroatoms. The van der Waals surface area contributed by atoms with Crippen LogP contribution in [0.4, 0.5) is 0 Å². The Morgan fingerprint density at radius 2 is 1.41 bits per heavy atom. The van der Waals surface area contributed by atoms with Crippen molar-refractivity contribution in [3.63, 3.8) is 0 Å². The van der Waals surface area contributed by atoms with E-state index in [0.717, 1.165) is 27.4 Å². The molecule has 0 fully saturated rings. The monoisotopic (exact) mass is 380 g/mol. The lowest BCUT2D eigenvalue weighted by Crippen LogP contribution is -2.17. The van der Waals surface area contributed by atoms with Crippen molar-refractivity contribution in [2.24, 2.45) is 0 Å². The van der Waals surface area contributed by atoms with Gasteiger partial charge in [-0.25, -0.2) is 0 Å². The highest BCUT2D eigenvalue weighted by Gasteiger charge is 2.25. The molecule has 0 spiro atoms. The molecular formula is C24H29O2P. The largest absolute Gasteiger partial charge is 0.444 e. The van der Waals surface area contributed by atoms with Gasteiger partial charge in [-0.1, -0.05) is 84.0 Å². The third-order valence-electron chi connectivity index (χ3n) is 4.79. The van der Waals surface area contributed by atoms with Gasteiger partial charge in [-0.3, -0.25) is 0 Å². The molecule has 27 heavy (non-hydrogen) atoms. The number of hydrogen-bond donors (Lipinski definition) is 1. The minimum absolute atomic E-state index is 0.0703. The maximum atomic E-state index is 10.8. The summed E-state index contributed by atoms with van der Waals surface area (Å²) in [6.45, 7) is 13.2. The van der Waals surface area contributed by atoms with Crippen LogP contribution in [0.5, 0.6) is 5.75 Å². The number of fused-ring (bicyclic) bond motifs is 1. The molecule has 0 aliphatic rings. The van der Waals surface area contributed by atoms with Crippen LogP contribution in [0.2, 0.25) is 0 Å². The molecule has 1 unspecified atom stereocenters. The van der Waals surface area contributed by atoms with Crippen LogP contribution in [0, 0.1) is 0 Å². The van der Waals surface area contributed by atoms with Crippen molar-refractivity contribution < 1.29 is 9.42 Å². The van der Waals surface area contributed by atoms with Gasteiger partial charge in [-0.2, -0.15) is 0 Å². The number of hydrogen-bond acceptors (Lipinski definition) is 2. The lowest BCUT2D eigenvalue weighted by atomic mass is 9.80. The summed E-state index contributed by atoms with van der Waals surface area (Å²) in [7, 11) is -1.73. The molecule has 0 saturated heterocycles. The Morgan fingerprint density at radius 3 is 2.04 bits per heavy atom. The van der Waals surface area contributed by atoms with E-state index in [0.29, 0.717) is 0 Å². The molecule has 0 radical (unpaired) electrons. The Balaban J connectivity index is 1.95. The van der Waals surface area contributed by atoms with Gasteiger partial charge in [0.15, 0.2) is 0 Å². The van der Waals surface area contributed by atoms with Crippen molar-refractivity contribution in [2.75, 3.05) is 0 Å². The van der Waals surface area contributed by atoms with Crippen LogP contribution >= 0.6 is 8.38 Å². The average molecular weight is 380 g/mol. The first-order chi connectivity index (χ1) is 12.6. The number of rotatable bonds is 3. The maximum Gasteiger partial charge on any atom is 0.262 e. The first-order valence-electron chi connectivity index (χ1n) is 9.36. The fourth-order valence-corrected chi connectivity index (χ4v) is 4.01. The first kappa shape index (κ1) is 19.9. The van der Waals surface area contributed by atoms with E-state index in [1.807, 2.05) is 36.4 Å². The summed E-state index contributed by atoms with van der Waals surface area (Å²) in [5.74, 6) is 0.761. The van der Waals surface area contributed by atoms with Crippen molar-refractivity contribution in [3.05, 3.63) is 71.8 Å². The van der Waals surface area contributed by atoms with E-state index >= 15 is 0 Å². The van der Waals surface area contributed by atoms with Crippen molar-refractivity contribution in [3.8, 4) is 5.75 Å². The van der Waals surface area contributed by atoms with Gasteiger partial charge in [-0.05, 0) is 45.4 Å². The van der Waals surface area contributed by atoms with Crippen LogP contribution in [0.1, 0.15) is 52.7 Å². The highest BCUT2D eigenvalue weighted by molar-refractivity contribution is 7.55. The fourth-order valence-electron chi connectivity index (χ4n) is 3.10. The zero-order chi connectivity index (χ0) is 19.8. The van der Waals surface area contributed by atoms with E-state index in [9.17, 15) is 4.89 Å². The molecule has 2 nitrogen and oxygen atoms in total. The van der Waals surface area contributed by atoms with E-state index < -0.39 is 8.38 Å². The second-order valence-corrected chi connectivity index (χ2v) is 10.4. The lowest BCUT2D eigenvalue weighted by molar-refractivity contribution is 0.477. The van der Waals surface area contributed by atoms with Crippen molar-refractivity contribution in [1.82, 2.24) is 0 Å². The van der Waals surface area contributed by atoms with Crippen molar-refractivity contribution in [2.45, 2.75) is 52.4 Å². The molecule has 0 bridgehead atoms. The molecule has 0 heterocycles. The van der Waals surface area contributed by atoms with Crippen LogP contribution in [-0.4, -0.2) is 4.89 Å². The van der Waals surface area contributed by atoms with E-state index in [-0.39, 0.29) is 10.8 Å². The summed E-state index contributed by atoms with van der Waals surface area (Å²) in [6, 6.07) is 20.5. The molecule has 0 amide bonds. The van der Waals surface area contributed by atoms with Crippen LogP contribution in [-0.2, 0) is 10.8 Å². The molecule has 3 aromatic carbocycles. The fraction of sp³-hybridized carbons (Fsp3) is 0.333. The summed E-state index contributed by atoms with van der Waals surface area (Å²) in [5.41, 5.74) is 2.39. The Bertz CT molecular complexity index is 948. The topological polar surface area (TPSA) is 29.5 Å². The highest BCUT2D eigenvalue weighted by atomic mass is 31.2. The van der Waals surface area contributed by atoms with Gasteiger partial charge in [-0.15, -0.1) is 0 Å². The van der Waals surface area contributed by atoms with E-state index in [1.54, 1.807) is 0 Å². The normalized spacial score (nSPS) is 13.6. The van der Waals surface area contributed by atoms with Gasteiger partial charge < -0.3 is 9.42 Å². The van der Waals surface area contributed by atoms with Gasteiger partial charge in [0.1, 0.15) is 5.75 Å². The highest BCUT2D eigenvalue weighted by Crippen LogP contribution is 2.41. The molecule has 3 aromatic rings. The second kappa shape index (κ2) is 7.26. The van der Waals surface area contributed by atoms with Gasteiger partial charge in [0.25, 0.3) is 8.38 Å². The van der Waals surface area contributed by atoms with Crippen LogP contribution in [0.15, 0.2) is 60.7 Å². The molecule has 3 rings (SSSR count). The summed E-state index contributed by atoms with van der Waals surface area (Å²) < 4.78 is 6.09. The molecular weight excluding hydrogens is 351 g/mol. The first-order valence-corrected chi connectivity index (χ1v) is 10.6. The SMILES string of the molecule is CC(C)(C)c1ccc(OP(O)c2ccc3ccccc3c2)c(C(C)(C)C)c1. The lowest BCUT2D eigenvalue weighted by Gasteiger charge is -2.27. The third-order valence-corrected chi connectivity index (χ3v) is 5.88. The predicted molar refractivity (Wildman–Crippen MR) is 117 cm³/mol. The third kappa shape index (κ3) is 4.51. The van der Waals surface area contributed by atoms with E-state index in [4.69, 9.17) is 4.52 Å². The van der Waals surface area contributed by atoms with Crippen molar-refractivity contribution in [1.29, 1.82) is 0 Å². The summed E-state index contributed by atoms with van der Waals surface area (Å²) in [5, 5.41) is 3.09. The molecule has 0 saturated carbocycles. The van der Waals surface area contributed by atoms with Crippen molar-refractivity contribution >= 4 is 24.5 Å².